The molecule has 0 aliphatic carbocycles. The van der Waals surface area contributed by atoms with Crippen LogP contribution in [0.4, 0.5) is 15.9 Å². The first-order valence-corrected chi connectivity index (χ1v) is 9.15. The fourth-order valence-electron chi connectivity index (χ4n) is 2.58. The Morgan fingerprint density at radius 3 is 2.63 bits per heavy atom. The van der Waals surface area contributed by atoms with Crippen LogP contribution >= 0.6 is 23.2 Å². The average molecular weight is 451 g/mol. The van der Waals surface area contributed by atoms with Gasteiger partial charge in [0.1, 0.15) is 16.7 Å². The molecule has 0 fully saturated rings. The van der Waals surface area contributed by atoms with Crippen LogP contribution in [0.2, 0.25) is 10.0 Å². The van der Waals surface area contributed by atoms with Crippen molar-refractivity contribution in [3.8, 4) is 11.4 Å². The second-order valence-corrected chi connectivity index (χ2v) is 6.70. The quantitative estimate of drug-likeness (QED) is 0.323. The standard InChI is InChI=1S/C19H13Cl2FN4O4/c1-30-19(27)16-15(21)18(23-9-11-4-2-3-5-14(11)26(28)29)25-17(24-16)10-6-7-12(20)13(22)8-10/h2-8H,9H2,1H3,(H,23,24,25). The van der Waals surface area contributed by atoms with Crippen LogP contribution in [0.25, 0.3) is 11.4 Å². The van der Waals surface area contributed by atoms with Gasteiger partial charge in [0.2, 0.25) is 0 Å². The molecule has 1 N–H and O–H groups in total. The summed E-state index contributed by atoms with van der Waals surface area (Å²) < 4.78 is 18.6. The van der Waals surface area contributed by atoms with Crippen molar-refractivity contribution >= 4 is 40.7 Å². The van der Waals surface area contributed by atoms with Gasteiger partial charge in [-0.05, 0) is 18.2 Å². The normalized spacial score (nSPS) is 10.5. The van der Waals surface area contributed by atoms with E-state index in [2.05, 4.69) is 15.3 Å². The molecule has 0 spiro atoms. The summed E-state index contributed by atoms with van der Waals surface area (Å²) in [6.45, 7) is -0.0110. The van der Waals surface area contributed by atoms with Crippen LogP contribution in [-0.4, -0.2) is 28.0 Å². The second kappa shape index (κ2) is 9.02. The van der Waals surface area contributed by atoms with E-state index in [1.165, 1.54) is 18.2 Å². The predicted octanol–water partition coefficient (Wildman–Crippen LogP) is 4.90. The number of hydrogen-bond acceptors (Lipinski definition) is 7. The molecule has 3 aromatic rings. The number of nitro groups is 1. The third kappa shape index (κ3) is 4.47. The minimum Gasteiger partial charge on any atom is -0.464 e. The molecule has 30 heavy (non-hydrogen) atoms. The second-order valence-electron chi connectivity index (χ2n) is 5.92. The Morgan fingerprint density at radius 1 is 1.23 bits per heavy atom. The number of halogens is 3. The van der Waals surface area contributed by atoms with Crippen LogP contribution in [-0.2, 0) is 11.3 Å². The molecular weight excluding hydrogens is 438 g/mol. The van der Waals surface area contributed by atoms with Crippen molar-refractivity contribution in [2.24, 2.45) is 0 Å². The van der Waals surface area contributed by atoms with E-state index < -0.39 is 16.7 Å². The molecule has 0 radical (unpaired) electrons. The molecule has 3 rings (SSSR count). The number of para-hydroxylation sites is 1. The number of anilines is 1. The van der Waals surface area contributed by atoms with Gasteiger partial charge in [0, 0.05) is 23.7 Å². The van der Waals surface area contributed by atoms with E-state index in [1.54, 1.807) is 18.2 Å². The van der Waals surface area contributed by atoms with Crippen LogP contribution < -0.4 is 5.32 Å². The van der Waals surface area contributed by atoms with Gasteiger partial charge in [-0.1, -0.05) is 41.4 Å². The molecule has 0 saturated heterocycles. The van der Waals surface area contributed by atoms with Gasteiger partial charge in [-0.15, -0.1) is 0 Å². The summed E-state index contributed by atoms with van der Waals surface area (Å²) in [5.41, 5.74) is 0.274. The van der Waals surface area contributed by atoms with Crippen molar-refractivity contribution in [3.63, 3.8) is 0 Å². The van der Waals surface area contributed by atoms with E-state index in [0.717, 1.165) is 13.2 Å². The largest absolute Gasteiger partial charge is 0.464 e. The zero-order valence-corrected chi connectivity index (χ0v) is 16.9. The Kier molecular flexibility index (Phi) is 6.43. The van der Waals surface area contributed by atoms with E-state index in [1.807, 2.05) is 0 Å². The van der Waals surface area contributed by atoms with Crippen molar-refractivity contribution in [2.75, 3.05) is 12.4 Å². The number of benzene rings is 2. The molecule has 0 atom stereocenters. The summed E-state index contributed by atoms with van der Waals surface area (Å²) in [4.78, 5) is 31.1. The van der Waals surface area contributed by atoms with Gasteiger partial charge < -0.3 is 10.1 Å². The number of rotatable bonds is 6. The number of hydrogen-bond donors (Lipinski definition) is 1. The van der Waals surface area contributed by atoms with E-state index in [9.17, 15) is 19.3 Å². The van der Waals surface area contributed by atoms with Crippen LogP contribution in [0.15, 0.2) is 42.5 Å². The molecule has 1 heterocycles. The van der Waals surface area contributed by atoms with E-state index in [0.29, 0.717) is 5.56 Å². The highest BCUT2D eigenvalue weighted by molar-refractivity contribution is 6.35. The number of aromatic nitrogens is 2. The van der Waals surface area contributed by atoms with Gasteiger partial charge in [-0.3, -0.25) is 10.1 Å². The highest BCUT2D eigenvalue weighted by Crippen LogP contribution is 2.30. The van der Waals surface area contributed by atoms with Crippen molar-refractivity contribution < 1.29 is 18.8 Å². The number of nitrogens with zero attached hydrogens (tertiary/aromatic N) is 3. The molecule has 0 saturated carbocycles. The van der Waals surface area contributed by atoms with Crippen molar-refractivity contribution in [1.29, 1.82) is 0 Å². The topological polar surface area (TPSA) is 107 Å². The maximum absolute atomic E-state index is 13.9. The monoisotopic (exact) mass is 450 g/mol. The molecule has 11 heteroatoms. The highest BCUT2D eigenvalue weighted by Gasteiger charge is 2.21. The minimum absolute atomic E-state index is 0.0110. The lowest BCUT2D eigenvalue weighted by atomic mass is 10.2. The molecule has 8 nitrogen and oxygen atoms in total. The fraction of sp³-hybridized carbons (Fsp3) is 0.105. The van der Waals surface area contributed by atoms with Gasteiger partial charge in [0.05, 0.1) is 17.1 Å². The lowest BCUT2D eigenvalue weighted by Gasteiger charge is -2.12. The number of carbonyl (C=O) groups excluding carboxylic acids is 1. The maximum Gasteiger partial charge on any atom is 0.358 e. The van der Waals surface area contributed by atoms with E-state index >= 15 is 0 Å². The molecule has 1 aromatic heterocycles. The van der Waals surface area contributed by atoms with Crippen LogP contribution in [0.5, 0.6) is 0 Å². The van der Waals surface area contributed by atoms with Gasteiger partial charge >= 0.3 is 5.97 Å². The summed E-state index contributed by atoms with van der Waals surface area (Å²) >= 11 is 12.0. The van der Waals surface area contributed by atoms with Gasteiger partial charge in [-0.25, -0.2) is 19.2 Å². The zero-order chi connectivity index (χ0) is 21.8. The summed E-state index contributed by atoms with van der Waals surface area (Å²) in [5, 5.41) is 13.8. The number of methoxy groups -OCH3 is 1. The van der Waals surface area contributed by atoms with Gasteiger partial charge in [-0.2, -0.15) is 0 Å². The summed E-state index contributed by atoms with van der Waals surface area (Å²) in [6, 6.07) is 10.0. The lowest BCUT2D eigenvalue weighted by Crippen LogP contribution is -2.12. The molecule has 0 aliphatic rings. The van der Waals surface area contributed by atoms with Crippen molar-refractivity contribution in [3.05, 3.63) is 79.7 Å². The molecule has 0 aliphatic heterocycles. The number of nitro benzene ring substituents is 1. The van der Waals surface area contributed by atoms with E-state index in [4.69, 9.17) is 27.9 Å². The van der Waals surface area contributed by atoms with Gasteiger partial charge in [0.15, 0.2) is 11.5 Å². The zero-order valence-electron chi connectivity index (χ0n) is 15.4. The van der Waals surface area contributed by atoms with Crippen molar-refractivity contribution in [1.82, 2.24) is 9.97 Å². The Bertz CT molecular complexity index is 1140. The van der Waals surface area contributed by atoms with Crippen LogP contribution in [0.3, 0.4) is 0 Å². The molecule has 0 unspecified atom stereocenters. The van der Waals surface area contributed by atoms with E-state index in [-0.39, 0.29) is 45.2 Å². The average Bonchev–Trinajstić information content (AvgIpc) is 2.74. The number of carbonyl (C=O) groups is 1. The van der Waals surface area contributed by atoms with Crippen molar-refractivity contribution in [2.45, 2.75) is 6.54 Å². The number of esters is 1. The Labute approximate surface area is 179 Å². The fourth-order valence-corrected chi connectivity index (χ4v) is 2.92. The van der Waals surface area contributed by atoms with Crippen LogP contribution in [0.1, 0.15) is 16.1 Å². The Hall–Kier alpha value is -3.30. The third-order valence-corrected chi connectivity index (χ3v) is 4.71. The smallest absolute Gasteiger partial charge is 0.358 e. The summed E-state index contributed by atoms with van der Waals surface area (Å²) in [7, 11) is 1.16. The first-order chi connectivity index (χ1) is 14.3. The minimum atomic E-state index is -0.827. The highest BCUT2D eigenvalue weighted by atomic mass is 35.5. The summed E-state index contributed by atoms with van der Waals surface area (Å²) in [5.74, 6) is -1.51. The maximum atomic E-state index is 13.9. The summed E-state index contributed by atoms with van der Waals surface area (Å²) in [6.07, 6.45) is 0. The first kappa shape index (κ1) is 21.4. The van der Waals surface area contributed by atoms with Gasteiger partial charge in [0.25, 0.3) is 5.69 Å². The molecular formula is C19H13Cl2FN4O4. The predicted molar refractivity (Wildman–Crippen MR) is 109 cm³/mol. The molecule has 154 valence electrons. The molecule has 0 amide bonds. The first-order valence-electron chi connectivity index (χ1n) is 8.39. The Balaban J connectivity index is 2.04. The SMILES string of the molecule is COC(=O)c1nc(-c2ccc(Cl)c(F)c2)nc(NCc2ccccc2[N+](=O)[O-])c1Cl. The Morgan fingerprint density at radius 2 is 1.97 bits per heavy atom. The molecule has 2 aromatic carbocycles. The number of nitrogens with one attached hydrogen (secondary N) is 1. The lowest BCUT2D eigenvalue weighted by molar-refractivity contribution is -0.385. The third-order valence-electron chi connectivity index (χ3n) is 4.04. The number of ether oxygens (including phenoxy) is 1. The van der Waals surface area contributed by atoms with Crippen LogP contribution in [0, 0.1) is 15.9 Å². The molecule has 0 bridgehead atoms.